The summed E-state index contributed by atoms with van der Waals surface area (Å²) in [5.74, 6) is 1.40. The van der Waals surface area contributed by atoms with Gasteiger partial charge in [0.2, 0.25) is 0 Å². The van der Waals surface area contributed by atoms with E-state index in [0.717, 1.165) is 42.7 Å². The highest BCUT2D eigenvalue weighted by atomic mass is 16.7. The Kier molecular flexibility index (Phi) is 6.51. The van der Waals surface area contributed by atoms with E-state index >= 15 is 0 Å². The Labute approximate surface area is 198 Å². The number of ether oxygens (including phenoxy) is 4. The van der Waals surface area contributed by atoms with Crippen molar-refractivity contribution in [2.24, 2.45) is 0 Å². The number of fused-ring (bicyclic) bond motifs is 1. The Hall–Kier alpha value is -3.36. The highest BCUT2D eigenvalue weighted by Crippen LogP contribution is 2.34. The molecule has 3 aromatic rings. The molecule has 0 saturated carbocycles. The lowest BCUT2D eigenvalue weighted by atomic mass is 10.0. The molecule has 2 aromatic carbocycles. The fourth-order valence-corrected chi connectivity index (χ4v) is 4.45. The molecule has 0 radical (unpaired) electrons. The quantitative estimate of drug-likeness (QED) is 0.567. The van der Waals surface area contributed by atoms with Gasteiger partial charge < -0.3 is 29.2 Å². The average Bonchev–Trinajstić information content (AvgIpc) is 3.32. The van der Waals surface area contributed by atoms with Crippen molar-refractivity contribution in [3.05, 3.63) is 54.6 Å². The smallest absolute Gasteiger partial charge is 0.262 e. The zero-order chi connectivity index (χ0) is 23.4. The Morgan fingerprint density at radius 1 is 1.00 bits per heavy atom. The molecular formula is C26H29N3O5. The van der Waals surface area contributed by atoms with Crippen LogP contribution < -0.4 is 19.7 Å². The van der Waals surface area contributed by atoms with Crippen molar-refractivity contribution in [2.75, 3.05) is 49.7 Å². The summed E-state index contributed by atoms with van der Waals surface area (Å²) in [4.78, 5) is 19.7. The minimum atomic E-state index is -0.421. The Morgan fingerprint density at radius 2 is 1.76 bits per heavy atom. The van der Waals surface area contributed by atoms with Crippen molar-refractivity contribution < 1.29 is 23.7 Å². The van der Waals surface area contributed by atoms with Crippen molar-refractivity contribution in [2.45, 2.75) is 25.6 Å². The number of para-hydroxylation sites is 3. The van der Waals surface area contributed by atoms with Crippen molar-refractivity contribution in [1.29, 1.82) is 0 Å². The Balaban J connectivity index is 1.27. The molecule has 0 unspecified atom stereocenters. The molecule has 2 fully saturated rings. The fraction of sp³-hybridized carbons (Fsp3) is 0.385. The second-order valence-electron chi connectivity index (χ2n) is 8.36. The third-order valence-electron chi connectivity index (χ3n) is 6.15. The van der Waals surface area contributed by atoms with Gasteiger partial charge in [0.15, 0.2) is 12.4 Å². The first-order chi connectivity index (χ1) is 16.7. The van der Waals surface area contributed by atoms with Crippen LogP contribution in [0.1, 0.15) is 19.8 Å². The first-order valence-corrected chi connectivity index (χ1v) is 11.7. The molecule has 8 heteroatoms. The van der Waals surface area contributed by atoms with Crippen LogP contribution >= 0.6 is 0 Å². The SMILES string of the molecule is CCOc1ccccc1NC(=O)COc1cccc2ccc(N3CCC4(CC3)OCCO4)nc12. The maximum Gasteiger partial charge on any atom is 0.262 e. The number of carbonyl (C=O) groups is 1. The molecule has 2 aliphatic rings. The summed E-state index contributed by atoms with van der Waals surface area (Å²) >= 11 is 0. The van der Waals surface area contributed by atoms with Crippen molar-refractivity contribution >= 4 is 28.3 Å². The van der Waals surface area contributed by atoms with Gasteiger partial charge in [-0.2, -0.15) is 0 Å². The Morgan fingerprint density at radius 3 is 2.56 bits per heavy atom. The molecule has 1 N–H and O–H groups in total. The summed E-state index contributed by atoms with van der Waals surface area (Å²) in [5.41, 5.74) is 1.35. The first kappa shape index (κ1) is 22.4. The van der Waals surface area contributed by atoms with Crippen molar-refractivity contribution in [3.63, 3.8) is 0 Å². The maximum absolute atomic E-state index is 12.6. The van der Waals surface area contributed by atoms with Gasteiger partial charge in [0.05, 0.1) is 25.5 Å². The fourth-order valence-electron chi connectivity index (χ4n) is 4.45. The van der Waals surface area contributed by atoms with Crippen LogP contribution in [0.5, 0.6) is 11.5 Å². The molecule has 1 aromatic heterocycles. The van der Waals surface area contributed by atoms with E-state index in [1.54, 1.807) is 6.07 Å². The molecule has 5 rings (SSSR count). The molecule has 34 heavy (non-hydrogen) atoms. The van der Waals surface area contributed by atoms with Gasteiger partial charge in [-0.25, -0.2) is 4.98 Å². The second-order valence-corrected chi connectivity index (χ2v) is 8.36. The highest BCUT2D eigenvalue weighted by molar-refractivity contribution is 5.94. The molecule has 2 aliphatic heterocycles. The van der Waals surface area contributed by atoms with Crippen molar-refractivity contribution in [1.82, 2.24) is 4.98 Å². The number of rotatable bonds is 7. The largest absolute Gasteiger partial charge is 0.492 e. The molecule has 0 atom stereocenters. The predicted octanol–water partition coefficient (Wildman–Crippen LogP) is 3.99. The van der Waals surface area contributed by atoms with E-state index in [1.807, 2.05) is 55.5 Å². The molecular weight excluding hydrogens is 434 g/mol. The van der Waals surface area contributed by atoms with Gasteiger partial charge in [-0.15, -0.1) is 0 Å². The number of amides is 1. The van der Waals surface area contributed by atoms with Crippen LogP contribution in [-0.2, 0) is 14.3 Å². The van der Waals surface area contributed by atoms with Crippen LogP contribution in [0.15, 0.2) is 54.6 Å². The van der Waals surface area contributed by atoms with E-state index in [9.17, 15) is 4.79 Å². The molecule has 178 valence electrons. The number of benzene rings is 2. The number of piperidine rings is 1. The topological polar surface area (TPSA) is 82.2 Å². The zero-order valence-corrected chi connectivity index (χ0v) is 19.3. The normalized spacial score (nSPS) is 17.1. The van der Waals surface area contributed by atoms with E-state index in [1.165, 1.54) is 0 Å². The lowest BCUT2D eigenvalue weighted by Gasteiger charge is -2.38. The summed E-state index contributed by atoms with van der Waals surface area (Å²) in [7, 11) is 0. The van der Waals surface area contributed by atoms with Crippen LogP contribution in [-0.4, -0.2) is 56.2 Å². The van der Waals surface area contributed by atoms with Crippen molar-refractivity contribution in [3.8, 4) is 11.5 Å². The second kappa shape index (κ2) is 9.87. The van der Waals surface area contributed by atoms with E-state index < -0.39 is 5.79 Å². The monoisotopic (exact) mass is 463 g/mol. The first-order valence-electron chi connectivity index (χ1n) is 11.7. The summed E-state index contributed by atoms with van der Waals surface area (Å²) in [6, 6.07) is 17.1. The van der Waals surface area contributed by atoms with Crippen LogP contribution in [0.2, 0.25) is 0 Å². The van der Waals surface area contributed by atoms with Gasteiger partial charge in [0, 0.05) is 31.3 Å². The number of aromatic nitrogens is 1. The molecule has 0 bridgehead atoms. The van der Waals surface area contributed by atoms with E-state index in [4.69, 9.17) is 23.9 Å². The number of nitrogens with one attached hydrogen (secondary N) is 1. The minimum absolute atomic E-state index is 0.133. The predicted molar refractivity (Wildman–Crippen MR) is 130 cm³/mol. The maximum atomic E-state index is 12.6. The Bertz CT molecular complexity index is 1150. The lowest BCUT2D eigenvalue weighted by Crippen LogP contribution is -2.45. The molecule has 8 nitrogen and oxygen atoms in total. The van der Waals surface area contributed by atoms with Crippen LogP contribution in [0.25, 0.3) is 10.9 Å². The van der Waals surface area contributed by atoms with Gasteiger partial charge in [0.25, 0.3) is 5.91 Å². The zero-order valence-electron chi connectivity index (χ0n) is 19.3. The number of hydrogen-bond acceptors (Lipinski definition) is 7. The van der Waals surface area contributed by atoms with Gasteiger partial charge in [-0.05, 0) is 37.3 Å². The summed E-state index contributed by atoms with van der Waals surface area (Å²) in [6.07, 6.45) is 1.63. The molecule has 1 amide bonds. The molecule has 3 heterocycles. The minimum Gasteiger partial charge on any atom is -0.492 e. The van der Waals surface area contributed by atoms with Crippen LogP contribution in [0.4, 0.5) is 11.5 Å². The van der Waals surface area contributed by atoms with E-state index in [-0.39, 0.29) is 12.5 Å². The molecule has 0 aliphatic carbocycles. The van der Waals surface area contributed by atoms with Gasteiger partial charge >= 0.3 is 0 Å². The van der Waals surface area contributed by atoms with Crippen LogP contribution in [0, 0.1) is 0 Å². The number of anilines is 2. The van der Waals surface area contributed by atoms with E-state index in [2.05, 4.69) is 10.2 Å². The third-order valence-corrected chi connectivity index (χ3v) is 6.15. The molecule has 2 saturated heterocycles. The van der Waals surface area contributed by atoms with Gasteiger partial charge in [-0.1, -0.05) is 24.3 Å². The summed E-state index contributed by atoms with van der Waals surface area (Å²) in [5, 5.41) is 3.82. The van der Waals surface area contributed by atoms with Gasteiger partial charge in [0.1, 0.15) is 22.8 Å². The molecule has 1 spiro atoms. The van der Waals surface area contributed by atoms with Crippen LogP contribution in [0.3, 0.4) is 0 Å². The lowest BCUT2D eigenvalue weighted by molar-refractivity contribution is -0.169. The number of hydrogen-bond donors (Lipinski definition) is 1. The van der Waals surface area contributed by atoms with Gasteiger partial charge in [-0.3, -0.25) is 4.79 Å². The summed E-state index contributed by atoms with van der Waals surface area (Å²) in [6.45, 7) is 5.24. The number of pyridine rings is 1. The highest BCUT2D eigenvalue weighted by Gasteiger charge is 2.40. The number of carbonyl (C=O) groups excluding carboxylic acids is 1. The standard InChI is InChI=1S/C26H29N3O5/c1-2-31-21-8-4-3-7-20(21)27-24(30)18-32-22-9-5-6-19-10-11-23(28-25(19)22)29-14-12-26(13-15-29)33-16-17-34-26/h3-11H,2,12-18H2,1H3,(H,27,30). The average molecular weight is 464 g/mol. The van der Waals surface area contributed by atoms with E-state index in [0.29, 0.717) is 37.0 Å². The third kappa shape index (κ3) is 4.78. The number of nitrogens with zero attached hydrogens (tertiary/aromatic N) is 2. The summed E-state index contributed by atoms with van der Waals surface area (Å²) < 4.78 is 23.1.